The van der Waals surface area contributed by atoms with Crippen LogP contribution in [-0.4, -0.2) is 101 Å². The Kier molecular flexibility index (Phi) is 20.0. The van der Waals surface area contributed by atoms with Crippen LogP contribution in [0.3, 0.4) is 0 Å². The molecule has 8 N–H and O–H groups in total. The number of carbonyl (C=O) groups is 8. The summed E-state index contributed by atoms with van der Waals surface area (Å²) in [5, 5.41) is 43.3. The maximum atomic E-state index is 13.5. The summed E-state index contributed by atoms with van der Waals surface area (Å²) in [6.45, 7) is 5.89. The van der Waals surface area contributed by atoms with Gasteiger partial charge in [-0.3, -0.25) is 28.8 Å². The predicted octanol–water partition coefficient (Wildman–Crippen LogP) is -0.675. The van der Waals surface area contributed by atoms with Gasteiger partial charge in [0, 0.05) is 18.9 Å². The molecular formula is C41H50F3N7O11. The van der Waals surface area contributed by atoms with Gasteiger partial charge in [-0.25, -0.2) is 9.36 Å². The molecule has 1 heterocycles. The molecule has 0 bridgehead atoms. The van der Waals surface area contributed by atoms with E-state index in [0.29, 0.717) is 16.7 Å². The molecule has 3 aromatic rings. The van der Waals surface area contributed by atoms with E-state index in [4.69, 9.17) is 9.90 Å². The minimum Gasteiger partial charge on any atom is -0.542 e. The number of alkyl halides is 3. The van der Waals surface area contributed by atoms with Gasteiger partial charge in [0.15, 0.2) is 12.4 Å². The molecule has 21 heteroatoms. The highest BCUT2D eigenvalue weighted by atomic mass is 19.4. The standard InChI is InChI=1S/C39H49N7O9.C2HF3O2/c1-23(2)18-32(39(54)55)45-38(53)30(19-26-10-7-6-8-11-26)43-33(48)21-40-34(49)24(3)42-37(52)31(20-27-13-15-29(47)16-14-27)44-35(50)25(4)41-36(51)28-12-9-17-46(5)22-28;3-2(4,5)1(6)7/h6-17,22-25,30-32H,18-21H2,1-5H3,(H7-,40,41,42,43,44,45,47,48,49,50,51,52,53,54,55);(H,6,7)/t24-,25+,30+,31+,32-;/m1./s1. The molecule has 0 saturated heterocycles. The van der Waals surface area contributed by atoms with Crippen LogP contribution in [0.25, 0.3) is 0 Å². The predicted molar refractivity (Wildman–Crippen MR) is 211 cm³/mol. The molecule has 0 saturated carbocycles. The Morgan fingerprint density at radius 1 is 0.677 bits per heavy atom. The Morgan fingerprint density at radius 2 is 1.19 bits per heavy atom. The molecule has 18 nitrogen and oxygen atoms in total. The molecule has 62 heavy (non-hydrogen) atoms. The van der Waals surface area contributed by atoms with Gasteiger partial charge >= 0.3 is 12.1 Å². The highest BCUT2D eigenvalue weighted by molar-refractivity contribution is 5.98. The third-order valence-corrected chi connectivity index (χ3v) is 8.61. The van der Waals surface area contributed by atoms with Crippen molar-refractivity contribution >= 4 is 47.4 Å². The van der Waals surface area contributed by atoms with Crippen LogP contribution >= 0.6 is 0 Å². The number of aryl methyl sites for hydroxylation is 1. The molecule has 1 aromatic heterocycles. The molecule has 2 aromatic carbocycles. The Morgan fingerprint density at radius 3 is 1.73 bits per heavy atom. The van der Waals surface area contributed by atoms with Gasteiger partial charge in [0.2, 0.25) is 29.5 Å². The Hall–Kier alpha value is -7.06. The van der Waals surface area contributed by atoms with Gasteiger partial charge < -0.3 is 52.0 Å². The molecule has 3 rings (SSSR count). The van der Waals surface area contributed by atoms with E-state index in [9.17, 15) is 56.9 Å². The maximum Gasteiger partial charge on any atom is 0.430 e. The fourth-order valence-corrected chi connectivity index (χ4v) is 5.41. The van der Waals surface area contributed by atoms with E-state index in [1.165, 1.54) is 26.0 Å². The number of aliphatic carboxylic acids is 2. The molecule has 0 fully saturated rings. The second-order valence-electron chi connectivity index (χ2n) is 14.5. The lowest BCUT2D eigenvalue weighted by atomic mass is 10.0. The van der Waals surface area contributed by atoms with Crippen molar-refractivity contribution in [2.24, 2.45) is 13.0 Å². The van der Waals surface area contributed by atoms with Crippen LogP contribution in [0, 0.1) is 5.92 Å². The topological polar surface area (TPSA) is 276 Å². The minimum absolute atomic E-state index is 0.00337. The van der Waals surface area contributed by atoms with Gasteiger partial charge in [0.25, 0.3) is 5.91 Å². The molecule has 0 aliphatic rings. The third kappa shape index (κ3) is 18.5. The van der Waals surface area contributed by atoms with Gasteiger partial charge in [0.05, 0.1) is 6.54 Å². The number of amides is 6. The second-order valence-corrected chi connectivity index (χ2v) is 14.5. The number of hydrogen-bond donors (Lipinski definition) is 8. The van der Waals surface area contributed by atoms with Crippen LogP contribution in [0.1, 0.15) is 55.6 Å². The monoisotopic (exact) mass is 873 g/mol. The van der Waals surface area contributed by atoms with Crippen LogP contribution in [0.15, 0.2) is 79.1 Å². The molecule has 336 valence electrons. The highest BCUT2D eigenvalue weighted by Crippen LogP contribution is 2.13. The largest absolute Gasteiger partial charge is 0.542 e. The van der Waals surface area contributed by atoms with E-state index in [1.807, 2.05) is 13.8 Å². The van der Waals surface area contributed by atoms with Crippen molar-refractivity contribution in [2.45, 2.75) is 83.3 Å². The summed E-state index contributed by atoms with van der Waals surface area (Å²) in [6, 6.07) is 12.2. The first kappa shape index (κ1) is 51.1. The number of carboxylic acids is 2. The number of phenols is 1. The van der Waals surface area contributed by atoms with E-state index in [1.54, 1.807) is 78.6 Å². The molecule has 0 aliphatic carbocycles. The van der Waals surface area contributed by atoms with Crippen molar-refractivity contribution in [1.29, 1.82) is 0 Å². The first-order chi connectivity index (χ1) is 29.0. The van der Waals surface area contributed by atoms with E-state index in [2.05, 4.69) is 31.9 Å². The lowest BCUT2D eigenvalue weighted by molar-refractivity contribution is -0.671. The number of phenolic OH excluding ortho intramolecular Hbond substituents is 1. The molecular weight excluding hydrogens is 823 g/mol. The number of nitrogens with zero attached hydrogens (tertiary/aromatic N) is 1. The number of rotatable bonds is 19. The van der Waals surface area contributed by atoms with Crippen molar-refractivity contribution in [2.75, 3.05) is 6.54 Å². The summed E-state index contributed by atoms with van der Waals surface area (Å²) in [5.41, 5.74) is 1.60. The Labute approximate surface area is 354 Å². The lowest BCUT2D eigenvalue weighted by Crippen LogP contribution is -2.57. The van der Waals surface area contributed by atoms with E-state index in [0.717, 1.165) is 0 Å². The number of nitrogens with one attached hydrogen (secondary N) is 6. The molecule has 0 radical (unpaired) electrons. The van der Waals surface area contributed by atoms with Gasteiger partial charge in [0.1, 0.15) is 54.5 Å². The average Bonchev–Trinajstić information content (AvgIpc) is 3.19. The van der Waals surface area contributed by atoms with Gasteiger partial charge in [-0.05, 0) is 55.5 Å². The zero-order chi connectivity index (χ0) is 46.7. The smallest absolute Gasteiger partial charge is 0.430 e. The van der Waals surface area contributed by atoms with Crippen LogP contribution in [0.4, 0.5) is 13.2 Å². The van der Waals surface area contributed by atoms with Crippen molar-refractivity contribution < 1.29 is 71.4 Å². The normalized spacial score (nSPS) is 13.3. The fourth-order valence-electron chi connectivity index (χ4n) is 5.41. The van der Waals surface area contributed by atoms with Crippen LogP contribution in [0.2, 0.25) is 0 Å². The quantitative estimate of drug-likeness (QED) is 0.0700. The number of halogens is 3. The number of benzene rings is 2. The van der Waals surface area contributed by atoms with Crippen molar-refractivity contribution in [3.8, 4) is 5.75 Å². The summed E-state index contributed by atoms with van der Waals surface area (Å²) in [4.78, 5) is 99.2. The molecule has 0 aliphatic heterocycles. The van der Waals surface area contributed by atoms with Gasteiger partial charge in [-0.1, -0.05) is 56.3 Å². The number of aromatic hydroxyl groups is 1. The van der Waals surface area contributed by atoms with Crippen molar-refractivity contribution in [1.82, 2.24) is 31.9 Å². The van der Waals surface area contributed by atoms with E-state index >= 15 is 0 Å². The van der Waals surface area contributed by atoms with Crippen LogP contribution in [-0.2, 0) is 53.5 Å². The second kappa shape index (κ2) is 24.3. The number of carboxylic acid groups (broad SMARTS) is 2. The summed E-state index contributed by atoms with van der Waals surface area (Å²) in [7, 11) is 1.74. The van der Waals surface area contributed by atoms with Gasteiger partial charge in [-0.2, -0.15) is 13.2 Å². The fraction of sp³-hybridized carbons (Fsp3) is 0.390. The first-order valence-corrected chi connectivity index (χ1v) is 19.0. The summed E-state index contributed by atoms with van der Waals surface area (Å²) in [6.07, 6.45) is -1.67. The number of aromatic nitrogens is 1. The summed E-state index contributed by atoms with van der Waals surface area (Å²) in [5.74, 6) is -8.36. The molecule has 0 unspecified atom stereocenters. The van der Waals surface area contributed by atoms with Gasteiger partial charge in [-0.15, -0.1) is 0 Å². The SMILES string of the molecule is CC(C)C[C@@H](NC(=O)[C@H](Cc1ccccc1)NC(=O)CNC(=O)[C@@H](C)NC(=O)[C@H](Cc1ccc(O)cc1)NC(=O)[C@H](C)NC(=O)c1ccc[n+](C)c1)C(=O)O.O=C([O-])C(F)(F)F. The number of hydrogen-bond acceptors (Lipinski definition) is 10. The number of carbonyl (C=O) groups excluding carboxylic acids is 7. The Bertz CT molecular complexity index is 2030. The summed E-state index contributed by atoms with van der Waals surface area (Å²) >= 11 is 0. The first-order valence-electron chi connectivity index (χ1n) is 19.0. The zero-order valence-electron chi connectivity index (χ0n) is 34.4. The number of pyridine rings is 1. The molecule has 6 amide bonds. The van der Waals surface area contributed by atoms with Crippen LogP contribution in [0.5, 0.6) is 5.75 Å². The minimum atomic E-state index is -5.19. The zero-order valence-corrected chi connectivity index (χ0v) is 34.4. The average molecular weight is 874 g/mol. The third-order valence-electron chi connectivity index (χ3n) is 8.61. The van der Waals surface area contributed by atoms with Crippen molar-refractivity contribution in [3.63, 3.8) is 0 Å². The van der Waals surface area contributed by atoms with Crippen molar-refractivity contribution in [3.05, 3.63) is 95.8 Å². The molecule has 5 atom stereocenters. The summed E-state index contributed by atoms with van der Waals surface area (Å²) < 4.78 is 33.2. The lowest BCUT2D eigenvalue weighted by Gasteiger charge is -2.24. The Balaban J connectivity index is 0.00000173. The molecule has 0 spiro atoms. The maximum absolute atomic E-state index is 13.5. The highest BCUT2D eigenvalue weighted by Gasteiger charge is 2.30. The van der Waals surface area contributed by atoms with E-state index in [-0.39, 0.29) is 30.9 Å². The van der Waals surface area contributed by atoms with Crippen LogP contribution < -0.4 is 41.6 Å². The van der Waals surface area contributed by atoms with E-state index < -0.39 is 90.3 Å².